The molecular weight excluding hydrogens is 146 g/mol. The zero-order valence-electron chi connectivity index (χ0n) is 6.03. The highest BCUT2D eigenvalue weighted by atomic mass is 16.4. The molecule has 0 unspecified atom stereocenters. The fourth-order valence-corrected chi connectivity index (χ4v) is 0.452. The average molecular weight is 157 g/mol. The molecule has 0 aromatic heterocycles. The smallest absolute Gasteiger partial charge is 0.327 e. The highest BCUT2D eigenvalue weighted by Gasteiger charge is 1.84. The first-order chi connectivity index (χ1) is 5.13. The maximum Gasteiger partial charge on any atom is 0.327 e. The minimum Gasteiger partial charge on any atom is -0.478 e. The van der Waals surface area contributed by atoms with Gasteiger partial charge >= 0.3 is 5.97 Å². The van der Waals surface area contributed by atoms with E-state index in [2.05, 4.69) is 4.99 Å². The van der Waals surface area contributed by atoms with Gasteiger partial charge in [-0.05, 0) is 6.42 Å². The molecule has 62 valence electrons. The summed E-state index contributed by atoms with van der Waals surface area (Å²) < 4.78 is 0. The maximum atomic E-state index is 9.92. The predicted octanol–water partition coefficient (Wildman–Crippen LogP) is -0.709. The van der Waals surface area contributed by atoms with E-state index >= 15 is 0 Å². The number of carboxylic acids is 1. The van der Waals surface area contributed by atoms with Crippen molar-refractivity contribution in [3.8, 4) is 0 Å². The standard InChI is InChI=1S/C6H11N3O2/c7-6(8)9-4-2-1-3-5(10)11/h1,3H,2,4H2,(H,10,11)(H4,7,8,9). The third-order valence-electron chi connectivity index (χ3n) is 0.851. The van der Waals surface area contributed by atoms with E-state index in [4.69, 9.17) is 16.6 Å². The fourth-order valence-electron chi connectivity index (χ4n) is 0.452. The van der Waals surface area contributed by atoms with Crippen LogP contribution in [0, 0.1) is 0 Å². The van der Waals surface area contributed by atoms with Crippen LogP contribution in [0.4, 0.5) is 0 Å². The van der Waals surface area contributed by atoms with Crippen molar-refractivity contribution >= 4 is 11.9 Å². The molecule has 5 heteroatoms. The Bertz CT molecular complexity index is 182. The van der Waals surface area contributed by atoms with Crippen molar-refractivity contribution in [2.45, 2.75) is 6.42 Å². The molecule has 0 fully saturated rings. The molecule has 0 spiro atoms. The summed E-state index contributed by atoms with van der Waals surface area (Å²) in [6.45, 7) is 0.423. The van der Waals surface area contributed by atoms with Crippen molar-refractivity contribution in [3.05, 3.63) is 12.2 Å². The summed E-state index contributed by atoms with van der Waals surface area (Å²) in [5, 5.41) is 8.15. The Morgan fingerprint density at radius 2 is 2.18 bits per heavy atom. The second-order valence-corrected chi connectivity index (χ2v) is 1.84. The van der Waals surface area contributed by atoms with Gasteiger partial charge in [-0.25, -0.2) is 4.79 Å². The lowest BCUT2D eigenvalue weighted by molar-refractivity contribution is -0.131. The third kappa shape index (κ3) is 8.48. The van der Waals surface area contributed by atoms with Crippen LogP contribution < -0.4 is 11.5 Å². The van der Waals surface area contributed by atoms with Gasteiger partial charge in [0.15, 0.2) is 5.96 Å². The van der Waals surface area contributed by atoms with E-state index in [1.54, 1.807) is 0 Å². The fraction of sp³-hybridized carbons (Fsp3) is 0.333. The summed E-state index contributed by atoms with van der Waals surface area (Å²) in [7, 11) is 0. The third-order valence-corrected chi connectivity index (χ3v) is 0.851. The Kier molecular flexibility index (Phi) is 4.55. The molecule has 0 amide bonds. The quantitative estimate of drug-likeness (QED) is 0.217. The maximum absolute atomic E-state index is 9.92. The SMILES string of the molecule is NC(N)=NCCC=CC(=O)O. The first-order valence-corrected chi connectivity index (χ1v) is 3.08. The van der Waals surface area contributed by atoms with Crippen molar-refractivity contribution in [1.82, 2.24) is 0 Å². The first-order valence-electron chi connectivity index (χ1n) is 3.08. The normalized spacial score (nSPS) is 9.82. The Morgan fingerprint density at radius 1 is 1.55 bits per heavy atom. The number of hydrogen-bond donors (Lipinski definition) is 3. The van der Waals surface area contributed by atoms with E-state index in [0.717, 1.165) is 6.08 Å². The van der Waals surface area contributed by atoms with E-state index in [-0.39, 0.29) is 5.96 Å². The van der Waals surface area contributed by atoms with Gasteiger partial charge in [0.2, 0.25) is 0 Å². The Labute approximate surface area is 64.4 Å². The van der Waals surface area contributed by atoms with Gasteiger partial charge in [-0.2, -0.15) is 0 Å². The lowest BCUT2D eigenvalue weighted by Gasteiger charge is -1.88. The lowest BCUT2D eigenvalue weighted by Crippen LogP contribution is -2.22. The highest BCUT2D eigenvalue weighted by molar-refractivity contribution is 5.79. The molecule has 0 atom stereocenters. The number of hydrogen-bond acceptors (Lipinski definition) is 2. The van der Waals surface area contributed by atoms with E-state index in [0.29, 0.717) is 13.0 Å². The second kappa shape index (κ2) is 5.28. The minimum atomic E-state index is -0.963. The molecule has 5 nitrogen and oxygen atoms in total. The van der Waals surface area contributed by atoms with Gasteiger partial charge in [-0.3, -0.25) is 4.99 Å². The van der Waals surface area contributed by atoms with Crippen molar-refractivity contribution in [2.75, 3.05) is 6.54 Å². The highest BCUT2D eigenvalue weighted by Crippen LogP contribution is 1.83. The zero-order valence-corrected chi connectivity index (χ0v) is 6.03. The molecule has 0 radical (unpaired) electrons. The van der Waals surface area contributed by atoms with Gasteiger partial charge < -0.3 is 16.6 Å². The van der Waals surface area contributed by atoms with Crippen LogP contribution in [-0.2, 0) is 4.79 Å². The lowest BCUT2D eigenvalue weighted by atomic mass is 10.4. The molecule has 0 saturated carbocycles. The monoisotopic (exact) mass is 157 g/mol. The molecular formula is C6H11N3O2. The van der Waals surface area contributed by atoms with Crippen LogP contribution in [0.3, 0.4) is 0 Å². The van der Waals surface area contributed by atoms with E-state index in [9.17, 15) is 4.79 Å². The van der Waals surface area contributed by atoms with Gasteiger partial charge in [0.25, 0.3) is 0 Å². The van der Waals surface area contributed by atoms with Crippen molar-refractivity contribution < 1.29 is 9.90 Å². The van der Waals surface area contributed by atoms with E-state index < -0.39 is 5.97 Å². The molecule has 0 aromatic carbocycles. The first kappa shape index (κ1) is 9.48. The molecule has 0 heterocycles. The molecule has 0 aliphatic heterocycles. The Balaban J connectivity index is 3.42. The second-order valence-electron chi connectivity index (χ2n) is 1.84. The molecule has 0 rings (SSSR count). The van der Waals surface area contributed by atoms with Crippen molar-refractivity contribution in [3.63, 3.8) is 0 Å². The van der Waals surface area contributed by atoms with Crippen LogP contribution >= 0.6 is 0 Å². The average Bonchev–Trinajstić information content (AvgIpc) is 1.85. The van der Waals surface area contributed by atoms with Gasteiger partial charge in [-0.15, -0.1) is 0 Å². The summed E-state index contributed by atoms with van der Waals surface area (Å²) in [4.78, 5) is 13.6. The summed E-state index contributed by atoms with van der Waals surface area (Å²) >= 11 is 0. The van der Waals surface area contributed by atoms with Crippen LogP contribution in [0.25, 0.3) is 0 Å². The molecule has 0 aliphatic carbocycles. The van der Waals surface area contributed by atoms with Crippen molar-refractivity contribution in [2.24, 2.45) is 16.5 Å². The number of aliphatic imine (C=N–C) groups is 1. The molecule has 5 N–H and O–H groups in total. The summed E-state index contributed by atoms with van der Waals surface area (Å²) in [6, 6.07) is 0. The Hall–Kier alpha value is -1.52. The number of carbonyl (C=O) groups is 1. The zero-order chi connectivity index (χ0) is 8.69. The van der Waals surface area contributed by atoms with Crippen LogP contribution in [-0.4, -0.2) is 23.6 Å². The van der Waals surface area contributed by atoms with Crippen LogP contribution in [0.1, 0.15) is 6.42 Å². The number of guanidine groups is 1. The summed E-state index contributed by atoms with van der Waals surface area (Å²) in [6.07, 6.45) is 3.08. The number of carboxylic acid groups (broad SMARTS) is 1. The van der Waals surface area contributed by atoms with Crippen molar-refractivity contribution in [1.29, 1.82) is 0 Å². The van der Waals surface area contributed by atoms with Gasteiger partial charge in [0.05, 0.1) is 0 Å². The van der Waals surface area contributed by atoms with E-state index in [1.807, 2.05) is 0 Å². The molecule has 0 saturated heterocycles. The minimum absolute atomic E-state index is 0.0220. The molecule has 0 aromatic rings. The van der Waals surface area contributed by atoms with Gasteiger partial charge in [0, 0.05) is 12.6 Å². The predicted molar refractivity (Wildman–Crippen MR) is 42.1 cm³/mol. The van der Waals surface area contributed by atoms with E-state index in [1.165, 1.54) is 6.08 Å². The largest absolute Gasteiger partial charge is 0.478 e. The molecule has 0 aliphatic rings. The van der Waals surface area contributed by atoms with Crippen LogP contribution in [0.5, 0.6) is 0 Å². The molecule has 0 bridgehead atoms. The Morgan fingerprint density at radius 3 is 2.64 bits per heavy atom. The summed E-state index contributed by atoms with van der Waals surface area (Å²) in [5.41, 5.74) is 10.0. The van der Waals surface area contributed by atoms with Crippen LogP contribution in [0.2, 0.25) is 0 Å². The summed E-state index contributed by atoms with van der Waals surface area (Å²) in [5.74, 6) is -0.941. The molecule has 11 heavy (non-hydrogen) atoms. The number of rotatable bonds is 4. The number of nitrogens with zero attached hydrogens (tertiary/aromatic N) is 1. The van der Waals surface area contributed by atoms with Crippen LogP contribution in [0.15, 0.2) is 17.1 Å². The number of aliphatic carboxylic acids is 1. The van der Waals surface area contributed by atoms with Gasteiger partial charge in [-0.1, -0.05) is 6.08 Å². The van der Waals surface area contributed by atoms with Gasteiger partial charge in [0.1, 0.15) is 0 Å². The number of nitrogens with two attached hydrogens (primary N) is 2. The topological polar surface area (TPSA) is 102 Å².